The Balaban J connectivity index is 2.56. The maximum absolute atomic E-state index is 12.6. The molecule has 0 unspecified atom stereocenters. The van der Waals surface area contributed by atoms with Gasteiger partial charge < -0.3 is 30.2 Å². The van der Waals surface area contributed by atoms with Crippen LogP contribution in [0.2, 0.25) is 0 Å². The summed E-state index contributed by atoms with van der Waals surface area (Å²) < 4.78 is 15.8. The van der Waals surface area contributed by atoms with Gasteiger partial charge in [-0.3, -0.25) is 4.79 Å². The van der Waals surface area contributed by atoms with Crippen LogP contribution in [0.1, 0.15) is 71.9 Å². The molecule has 0 aromatic heterocycles. The predicted octanol–water partition coefficient (Wildman–Crippen LogP) is 3.91. The molecule has 1 aromatic carbocycles. The second-order valence-electron chi connectivity index (χ2n) is 10.6. The second kappa shape index (κ2) is 13.7. The molecule has 3 amide bonds. The number of amides is 3. The minimum atomic E-state index is -0.907. The molecule has 3 N–H and O–H groups in total. The molecular formula is C26H41N3O7. The summed E-state index contributed by atoms with van der Waals surface area (Å²) in [5, 5.41) is 7.65. The van der Waals surface area contributed by atoms with Gasteiger partial charge >= 0.3 is 18.2 Å². The van der Waals surface area contributed by atoms with Gasteiger partial charge in [0.15, 0.2) is 0 Å². The quantitative estimate of drug-likeness (QED) is 0.323. The van der Waals surface area contributed by atoms with Crippen molar-refractivity contribution < 1.29 is 33.4 Å². The number of unbranched alkanes of at least 4 members (excludes halogenated alkanes) is 1. The SMILES string of the molecule is Cc1ccc(OC(=O)NCC(=O)N[C@@H](CCCCNC(=O)OC(C)(C)C)C(=O)OC(C)(C)C)c(C)c1. The fraction of sp³-hybridized carbons (Fsp3) is 0.615. The lowest BCUT2D eigenvalue weighted by Crippen LogP contribution is -2.47. The van der Waals surface area contributed by atoms with E-state index in [4.69, 9.17) is 14.2 Å². The Morgan fingerprint density at radius 2 is 1.50 bits per heavy atom. The normalized spacial score (nSPS) is 12.2. The number of hydrogen-bond donors (Lipinski definition) is 3. The largest absolute Gasteiger partial charge is 0.458 e. The monoisotopic (exact) mass is 507 g/mol. The van der Waals surface area contributed by atoms with E-state index < -0.39 is 41.3 Å². The summed E-state index contributed by atoms with van der Waals surface area (Å²) in [6.07, 6.45) is 0.0955. The first-order valence-electron chi connectivity index (χ1n) is 12.1. The molecule has 0 radical (unpaired) electrons. The van der Waals surface area contributed by atoms with Crippen LogP contribution < -0.4 is 20.7 Å². The summed E-state index contributed by atoms with van der Waals surface area (Å²) in [6.45, 7) is 14.3. The average molecular weight is 508 g/mol. The highest BCUT2D eigenvalue weighted by molar-refractivity contribution is 5.87. The zero-order chi connectivity index (χ0) is 27.5. The van der Waals surface area contributed by atoms with Crippen molar-refractivity contribution in [2.45, 2.75) is 91.9 Å². The van der Waals surface area contributed by atoms with Crippen LogP contribution in [0.15, 0.2) is 18.2 Å². The Hall–Kier alpha value is -3.30. The fourth-order valence-corrected chi connectivity index (χ4v) is 3.05. The Labute approximate surface area is 213 Å². The number of esters is 1. The number of aryl methyl sites for hydroxylation is 2. The van der Waals surface area contributed by atoms with Crippen molar-refractivity contribution in [2.24, 2.45) is 0 Å². The molecule has 1 atom stereocenters. The van der Waals surface area contributed by atoms with E-state index >= 15 is 0 Å². The molecule has 36 heavy (non-hydrogen) atoms. The molecule has 1 rings (SSSR count). The van der Waals surface area contributed by atoms with Gasteiger partial charge in [0.1, 0.15) is 29.5 Å². The van der Waals surface area contributed by atoms with Crippen LogP contribution in [0, 0.1) is 13.8 Å². The fourth-order valence-electron chi connectivity index (χ4n) is 3.05. The van der Waals surface area contributed by atoms with Gasteiger partial charge in [0.05, 0.1) is 0 Å². The molecule has 0 heterocycles. The van der Waals surface area contributed by atoms with E-state index in [0.29, 0.717) is 31.6 Å². The zero-order valence-corrected chi connectivity index (χ0v) is 22.7. The molecule has 10 nitrogen and oxygen atoms in total. The van der Waals surface area contributed by atoms with Crippen molar-refractivity contribution in [3.63, 3.8) is 0 Å². The third-order valence-corrected chi connectivity index (χ3v) is 4.54. The summed E-state index contributed by atoms with van der Waals surface area (Å²) in [5.41, 5.74) is 0.510. The lowest BCUT2D eigenvalue weighted by atomic mass is 10.1. The van der Waals surface area contributed by atoms with E-state index in [0.717, 1.165) is 11.1 Å². The summed E-state index contributed by atoms with van der Waals surface area (Å²) in [7, 11) is 0. The number of carbonyl (C=O) groups is 4. The standard InChI is InChI=1S/C26H41N3O7/c1-17-12-13-20(18(2)15-17)34-23(32)28-16-21(30)29-19(22(31)35-25(3,4)5)11-9-10-14-27-24(33)36-26(6,7)8/h12-13,15,19H,9-11,14,16H2,1-8H3,(H,27,33)(H,28,32)(H,29,30)/t19-/m0/s1. The molecular weight excluding hydrogens is 466 g/mol. The first-order chi connectivity index (χ1) is 16.6. The van der Waals surface area contributed by atoms with Crippen molar-refractivity contribution in [1.29, 1.82) is 0 Å². The minimum Gasteiger partial charge on any atom is -0.458 e. The highest BCUT2D eigenvalue weighted by Crippen LogP contribution is 2.18. The van der Waals surface area contributed by atoms with Gasteiger partial charge in [0.2, 0.25) is 5.91 Å². The van der Waals surface area contributed by atoms with Crippen LogP contribution in [0.5, 0.6) is 5.75 Å². The maximum atomic E-state index is 12.6. The Morgan fingerprint density at radius 1 is 0.861 bits per heavy atom. The van der Waals surface area contributed by atoms with Gasteiger partial charge in [0.25, 0.3) is 0 Å². The Kier molecular flexibility index (Phi) is 11.7. The van der Waals surface area contributed by atoms with Crippen LogP contribution in [0.3, 0.4) is 0 Å². The van der Waals surface area contributed by atoms with Gasteiger partial charge in [0, 0.05) is 6.54 Å². The zero-order valence-electron chi connectivity index (χ0n) is 22.7. The Bertz CT molecular complexity index is 917. The van der Waals surface area contributed by atoms with E-state index in [1.54, 1.807) is 47.6 Å². The van der Waals surface area contributed by atoms with Gasteiger partial charge in [-0.1, -0.05) is 17.7 Å². The van der Waals surface area contributed by atoms with Crippen molar-refractivity contribution in [2.75, 3.05) is 13.1 Å². The van der Waals surface area contributed by atoms with Crippen molar-refractivity contribution in [3.05, 3.63) is 29.3 Å². The molecule has 0 fully saturated rings. The van der Waals surface area contributed by atoms with Gasteiger partial charge in [-0.05, 0) is 86.3 Å². The molecule has 202 valence electrons. The number of hydrogen-bond acceptors (Lipinski definition) is 7. The summed E-state index contributed by atoms with van der Waals surface area (Å²) in [6, 6.07) is 4.47. The third kappa shape index (κ3) is 13.6. The molecule has 0 bridgehead atoms. The number of ether oxygens (including phenoxy) is 3. The summed E-state index contributed by atoms with van der Waals surface area (Å²) in [5.74, 6) is -0.741. The molecule has 0 aliphatic heterocycles. The first kappa shape index (κ1) is 30.7. The number of rotatable bonds is 10. The highest BCUT2D eigenvalue weighted by atomic mass is 16.6. The van der Waals surface area contributed by atoms with Gasteiger partial charge in [-0.2, -0.15) is 0 Å². The van der Waals surface area contributed by atoms with Crippen molar-refractivity contribution >= 4 is 24.1 Å². The number of carbonyl (C=O) groups excluding carboxylic acids is 4. The number of benzene rings is 1. The molecule has 0 aliphatic carbocycles. The lowest BCUT2D eigenvalue weighted by molar-refractivity contribution is -0.158. The minimum absolute atomic E-state index is 0.295. The smallest absolute Gasteiger partial charge is 0.413 e. The Morgan fingerprint density at radius 3 is 2.08 bits per heavy atom. The first-order valence-corrected chi connectivity index (χ1v) is 12.1. The molecule has 10 heteroatoms. The molecule has 0 aliphatic rings. The number of nitrogens with one attached hydrogen (secondary N) is 3. The highest BCUT2D eigenvalue weighted by Gasteiger charge is 2.26. The molecule has 1 aromatic rings. The average Bonchev–Trinajstić information content (AvgIpc) is 2.70. The van der Waals surface area contributed by atoms with E-state index in [2.05, 4.69) is 16.0 Å². The van der Waals surface area contributed by atoms with Crippen LogP contribution in [0.25, 0.3) is 0 Å². The van der Waals surface area contributed by atoms with Crippen molar-refractivity contribution in [3.8, 4) is 5.75 Å². The van der Waals surface area contributed by atoms with E-state index in [1.165, 1.54) is 0 Å². The van der Waals surface area contributed by atoms with Crippen LogP contribution in [0.4, 0.5) is 9.59 Å². The topological polar surface area (TPSA) is 132 Å². The molecule has 0 saturated heterocycles. The van der Waals surface area contributed by atoms with Crippen LogP contribution >= 0.6 is 0 Å². The maximum Gasteiger partial charge on any atom is 0.413 e. The number of alkyl carbamates (subject to hydrolysis) is 1. The third-order valence-electron chi connectivity index (χ3n) is 4.54. The molecule has 0 spiro atoms. The van der Waals surface area contributed by atoms with Gasteiger partial charge in [-0.15, -0.1) is 0 Å². The van der Waals surface area contributed by atoms with E-state index in [9.17, 15) is 19.2 Å². The van der Waals surface area contributed by atoms with Crippen molar-refractivity contribution in [1.82, 2.24) is 16.0 Å². The lowest BCUT2D eigenvalue weighted by Gasteiger charge is -2.24. The van der Waals surface area contributed by atoms with Crippen LogP contribution in [-0.4, -0.2) is 54.4 Å². The van der Waals surface area contributed by atoms with E-state index in [-0.39, 0.29) is 6.54 Å². The molecule has 0 saturated carbocycles. The second-order valence-corrected chi connectivity index (χ2v) is 10.6. The predicted molar refractivity (Wildman–Crippen MR) is 136 cm³/mol. The summed E-state index contributed by atoms with van der Waals surface area (Å²) in [4.78, 5) is 48.9. The summed E-state index contributed by atoms with van der Waals surface area (Å²) >= 11 is 0. The van der Waals surface area contributed by atoms with E-state index in [1.807, 2.05) is 26.0 Å². The van der Waals surface area contributed by atoms with Crippen LogP contribution in [-0.2, 0) is 19.1 Å². The van der Waals surface area contributed by atoms with Gasteiger partial charge in [-0.25, -0.2) is 14.4 Å².